The molecule has 1 aliphatic rings. The first-order valence-corrected chi connectivity index (χ1v) is 6.10. The topological polar surface area (TPSA) is 32.7 Å². The second kappa shape index (κ2) is 6.46. The lowest BCUT2D eigenvalue weighted by molar-refractivity contribution is 0.0244. The second-order valence-corrected chi connectivity index (χ2v) is 4.98. The van der Waals surface area contributed by atoms with Crippen LogP contribution in [0.1, 0.15) is 33.6 Å². The fraction of sp³-hybridized carbons (Fsp3) is 1.00. The molecule has 0 radical (unpaired) electrons. The van der Waals surface area contributed by atoms with E-state index in [1.165, 1.54) is 12.8 Å². The number of hydrogen-bond donors (Lipinski definition) is 1. The van der Waals surface area contributed by atoms with Crippen molar-refractivity contribution in [2.75, 3.05) is 26.2 Å². The van der Waals surface area contributed by atoms with Crippen molar-refractivity contribution in [1.29, 1.82) is 0 Å². The molecule has 0 aromatic rings. The molecular weight excluding hydrogens is 190 g/mol. The number of rotatable bonds is 5. The first kappa shape index (κ1) is 12.9. The molecule has 0 bridgehead atoms. The number of hydrogen-bond acceptors (Lipinski definition) is 3. The van der Waals surface area contributed by atoms with Gasteiger partial charge in [-0.15, -0.1) is 0 Å². The zero-order chi connectivity index (χ0) is 11.3. The summed E-state index contributed by atoms with van der Waals surface area (Å²) in [6.07, 6.45) is 2.56. The number of likely N-dealkylation sites (tertiary alicyclic amines) is 1. The normalized spacial score (nSPS) is 22.2. The molecule has 3 nitrogen and oxygen atoms in total. The van der Waals surface area contributed by atoms with Gasteiger partial charge in [0, 0.05) is 13.2 Å². The Kier molecular flexibility index (Phi) is 5.58. The summed E-state index contributed by atoms with van der Waals surface area (Å²) in [5.41, 5.74) is 0. The molecule has 1 heterocycles. The molecule has 0 saturated carbocycles. The average molecular weight is 215 g/mol. The van der Waals surface area contributed by atoms with E-state index >= 15 is 0 Å². The van der Waals surface area contributed by atoms with E-state index in [0.29, 0.717) is 6.10 Å². The van der Waals surface area contributed by atoms with Gasteiger partial charge in [-0.1, -0.05) is 0 Å². The Labute approximate surface area is 93.4 Å². The molecule has 1 N–H and O–H groups in total. The molecule has 0 aliphatic carbocycles. The molecule has 1 rings (SSSR count). The van der Waals surface area contributed by atoms with Gasteiger partial charge in [0.25, 0.3) is 0 Å². The molecule has 15 heavy (non-hydrogen) atoms. The van der Waals surface area contributed by atoms with Gasteiger partial charge in [0.05, 0.1) is 12.2 Å². The van der Waals surface area contributed by atoms with Crippen molar-refractivity contribution in [2.45, 2.75) is 45.8 Å². The Hall–Kier alpha value is -0.120. The molecule has 0 spiro atoms. The van der Waals surface area contributed by atoms with Crippen LogP contribution in [0.4, 0.5) is 0 Å². The number of ether oxygens (including phenoxy) is 1. The van der Waals surface area contributed by atoms with E-state index in [-0.39, 0.29) is 6.10 Å². The summed E-state index contributed by atoms with van der Waals surface area (Å²) in [7, 11) is 0. The third-order valence-electron chi connectivity index (χ3n) is 2.89. The summed E-state index contributed by atoms with van der Waals surface area (Å²) < 4.78 is 5.63. The molecule has 1 aliphatic heterocycles. The zero-order valence-electron chi connectivity index (χ0n) is 10.3. The van der Waals surface area contributed by atoms with Crippen LogP contribution in [-0.2, 0) is 4.74 Å². The van der Waals surface area contributed by atoms with Crippen molar-refractivity contribution in [3.63, 3.8) is 0 Å². The molecule has 3 heteroatoms. The Morgan fingerprint density at radius 3 is 2.33 bits per heavy atom. The fourth-order valence-corrected chi connectivity index (χ4v) is 2.04. The SMILES string of the molecule is CC(O)CN1CCC(COC(C)C)CC1. The van der Waals surface area contributed by atoms with Crippen LogP contribution in [-0.4, -0.2) is 48.5 Å². The Balaban J connectivity index is 2.12. The Morgan fingerprint density at radius 2 is 1.87 bits per heavy atom. The third kappa shape index (κ3) is 5.50. The number of nitrogens with zero attached hydrogens (tertiary/aromatic N) is 1. The van der Waals surface area contributed by atoms with Crippen LogP contribution in [0.3, 0.4) is 0 Å². The molecule has 1 atom stereocenters. The van der Waals surface area contributed by atoms with Crippen LogP contribution >= 0.6 is 0 Å². The minimum absolute atomic E-state index is 0.200. The molecule has 0 amide bonds. The first-order valence-electron chi connectivity index (χ1n) is 6.10. The number of piperidine rings is 1. The van der Waals surface area contributed by atoms with E-state index in [1.807, 2.05) is 6.92 Å². The number of β-amino-alcohol motifs (C(OH)–C–C–N with tert-alkyl or cyclic N) is 1. The lowest BCUT2D eigenvalue weighted by Crippen LogP contribution is -2.39. The van der Waals surface area contributed by atoms with Crippen molar-refractivity contribution < 1.29 is 9.84 Å². The summed E-state index contributed by atoms with van der Waals surface area (Å²) >= 11 is 0. The van der Waals surface area contributed by atoms with Crippen molar-refractivity contribution in [1.82, 2.24) is 4.90 Å². The molecule has 0 aromatic carbocycles. The van der Waals surface area contributed by atoms with Crippen LogP contribution in [0.5, 0.6) is 0 Å². The van der Waals surface area contributed by atoms with Gasteiger partial charge in [-0.2, -0.15) is 0 Å². The van der Waals surface area contributed by atoms with Gasteiger partial charge in [-0.3, -0.25) is 0 Å². The van der Waals surface area contributed by atoms with E-state index in [1.54, 1.807) is 0 Å². The fourth-order valence-electron chi connectivity index (χ4n) is 2.04. The highest BCUT2D eigenvalue weighted by molar-refractivity contribution is 4.73. The van der Waals surface area contributed by atoms with Crippen molar-refractivity contribution in [3.05, 3.63) is 0 Å². The van der Waals surface area contributed by atoms with Crippen LogP contribution in [0, 0.1) is 5.92 Å². The average Bonchev–Trinajstić information content (AvgIpc) is 2.16. The van der Waals surface area contributed by atoms with E-state index in [9.17, 15) is 5.11 Å². The standard InChI is InChI=1S/C12H25NO2/c1-10(2)15-9-12-4-6-13(7-5-12)8-11(3)14/h10-12,14H,4-9H2,1-3H3. The van der Waals surface area contributed by atoms with E-state index < -0.39 is 0 Å². The minimum Gasteiger partial charge on any atom is -0.392 e. The monoisotopic (exact) mass is 215 g/mol. The highest BCUT2D eigenvalue weighted by atomic mass is 16.5. The molecule has 1 fully saturated rings. The maximum Gasteiger partial charge on any atom is 0.0639 e. The van der Waals surface area contributed by atoms with Crippen molar-refractivity contribution >= 4 is 0 Å². The van der Waals surface area contributed by atoms with Crippen LogP contribution in [0.2, 0.25) is 0 Å². The first-order chi connectivity index (χ1) is 7.08. The zero-order valence-corrected chi connectivity index (χ0v) is 10.3. The quantitative estimate of drug-likeness (QED) is 0.754. The Morgan fingerprint density at radius 1 is 1.27 bits per heavy atom. The third-order valence-corrected chi connectivity index (χ3v) is 2.89. The van der Waals surface area contributed by atoms with Gasteiger partial charge in [-0.25, -0.2) is 0 Å². The second-order valence-electron chi connectivity index (χ2n) is 4.98. The van der Waals surface area contributed by atoms with E-state index in [4.69, 9.17) is 4.74 Å². The summed E-state index contributed by atoms with van der Waals surface area (Å²) in [6.45, 7) is 9.96. The maximum absolute atomic E-state index is 9.28. The van der Waals surface area contributed by atoms with Crippen LogP contribution in [0.15, 0.2) is 0 Å². The predicted molar refractivity (Wildman–Crippen MR) is 61.9 cm³/mol. The maximum atomic E-state index is 9.28. The predicted octanol–water partition coefficient (Wildman–Crippen LogP) is 1.50. The smallest absolute Gasteiger partial charge is 0.0639 e. The highest BCUT2D eigenvalue weighted by Gasteiger charge is 2.20. The van der Waals surface area contributed by atoms with Crippen molar-refractivity contribution in [2.24, 2.45) is 5.92 Å². The summed E-state index contributed by atoms with van der Waals surface area (Å²) in [5.74, 6) is 0.720. The molecule has 1 saturated heterocycles. The minimum atomic E-state index is -0.200. The van der Waals surface area contributed by atoms with Gasteiger partial charge >= 0.3 is 0 Å². The summed E-state index contributed by atoms with van der Waals surface area (Å²) in [6, 6.07) is 0. The number of aliphatic hydroxyl groups excluding tert-OH is 1. The van der Waals surface area contributed by atoms with Gasteiger partial charge in [0.2, 0.25) is 0 Å². The Bertz CT molecular complexity index is 163. The summed E-state index contributed by atoms with van der Waals surface area (Å²) in [5, 5.41) is 9.28. The van der Waals surface area contributed by atoms with E-state index in [0.717, 1.165) is 32.2 Å². The molecular formula is C12H25NO2. The molecule has 90 valence electrons. The lowest BCUT2D eigenvalue weighted by Gasteiger charge is -2.32. The summed E-state index contributed by atoms with van der Waals surface area (Å²) in [4.78, 5) is 2.34. The van der Waals surface area contributed by atoms with Gasteiger partial charge in [0.15, 0.2) is 0 Å². The highest BCUT2D eigenvalue weighted by Crippen LogP contribution is 2.18. The van der Waals surface area contributed by atoms with Gasteiger partial charge in [0.1, 0.15) is 0 Å². The number of aliphatic hydroxyl groups is 1. The van der Waals surface area contributed by atoms with E-state index in [2.05, 4.69) is 18.7 Å². The van der Waals surface area contributed by atoms with Crippen LogP contribution < -0.4 is 0 Å². The van der Waals surface area contributed by atoms with Crippen LogP contribution in [0.25, 0.3) is 0 Å². The molecule has 0 aromatic heterocycles. The van der Waals surface area contributed by atoms with Gasteiger partial charge in [-0.05, 0) is 52.6 Å². The largest absolute Gasteiger partial charge is 0.392 e. The van der Waals surface area contributed by atoms with Gasteiger partial charge < -0.3 is 14.7 Å². The molecule has 1 unspecified atom stereocenters. The van der Waals surface area contributed by atoms with Crippen molar-refractivity contribution in [3.8, 4) is 0 Å². The lowest BCUT2D eigenvalue weighted by atomic mass is 9.97.